The quantitative estimate of drug-likeness (QED) is 0.384. The molecule has 0 fully saturated rings. The maximum Gasteiger partial charge on any atom is 0.339 e. The second-order valence-corrected chi connectivity index (χ2v) is 9.71. The number of nitrogens with zero attached hydrogens (tertiary/aromatic N) is 1. The number of anilines is 1. The monoisotopic (exact) mass is 534 g/mol. The average Bonchev–Trinajstić information content (AvgIpc) is 2.82. The van der Waals surface area contributed by atoms with E-state index in [0.717, 1.165) is 6.07 Å². The van der Waals surface area contributed by atoms with Crippen LogP contribution in [0.25, 0.3) is 0 Å². The summed E-state index contributed by atoms with van der Waals surface area (Å²) < 4.78 is 50.1. The van der Waals surface area contributed by atoms with Crippen LogP contribution in [-0.4, -0.2) is 45.4 Å². The molecule has 0 spiro atoms. The van der Waals surface area contributed by atoms with Crippen LogP contribution in [0.2, 0.25) is 5.02 Å². The third-order valence-corrected chi connectivity index (χ3v) is 6.45. The van der Waals surface area contributed by atoms with Crippen molar-refractivity contribution in [1.82, 2.24) is 4.90 Å². The molecule has 0 aliphatic heterocycles. The van der Waals surface area contributed by atoms with Crippen LogP contribution in [0.15, 0.2) is 71.6 Å². The van der Waals surface area contributed by atoms with Crippen LogP contribution < -0.4 is 9.50 Å². The van der Waals surface area contributed by atoms with E-state index in [2.05, 4.69) is 5.32 Å². The smallest absolute Gasteiger partial charge is 0.339 e. The number of rotatable bonds is 10. The summed E-state index contributed by atoms with van der Waals surface area (Å²) in [7, 11) is -2.78. The molecule has 0 aromatic heterocycles. The van der Waals surface area contributed by atoms with E-state index < -0.39 is 21.8 Å². The molecular formula is C25H24ClFN2O6S. The predicted molar refractivity (Wildman–Crippen MR) is 133 cm³/mol. The van der Waals surface area contributed by atoms with E-state index in [1.165, 1.54) is 79.6 Å². The second-order valence-electron chi connectivity index (χ2n) is 7.72. The molecule has 3 rings (SSSR count). The van der Waals surface area contributed by atoms with Crippen molar-refractivity contribution >= 4 is 39.2 Å². The van der Waals surface area contributed by atoms with Gasteiger partial charge in [0, 0.05) is 49.0 Å². The summed E-state index contributed by atoms with van der Waals surface area (Å²) in [5.41, 5.74) is 0.877. The van der Waals surface area contributed by atoms with Crippen molar-refractivity contribution in [2.24, 2.45) is 0 Å². The Kier molecular flexibility index (Phi) is 9.03. The third-order valence-electron chi connectivity index (χ3n) is 4.97. The molecule has 0 bridgehead atoms. The molecule has 1 N–H and O–H groups in total. The summed E-state index contributed by atoms with van der Waals surface area (Å²) in [5, 5.41) is 2.86. The molecule has 36 heavy (non-hydrogen) atoms. The van der Waals surface area contributed by atoms with Crippen LogP contribution in [-0.2, 0) is 26.2 Å². The highest BCUT2D eigenvalue weighted by molar-refractivity contribution is 7.87. The fraction of sp³-hybridized carbons (Fsp3) is 0.200. The van der Waals surface area contributed by atoms with Crippen molar-refractivity contribution in [3.8, 4) is 5.75 Å². The summed E-state index contributed by atoms with van der Waals surface area (Å²) in [5.74, 6) is -1.36. The standard InChI is InChI=1S/C25H24ClFN2O6S/c1-17(30)28-22-7-9-23(10-8-22)36(32,33)35-24-11-6-20(26)14-19(24)16-29(12-13-34-2)25(31)18-4-3-5-21(27)15-18/h3-11,14-15H,12-13,16H2,1-2H3,(H,28,30). The van der Waals surface area contributed by atoms with E-state index in [9.17, 15) is 22.4 Å². The first-order chi connectivity index (χ1) is 17.1. The summed E-state index contributed by atoms with van der Waals surface area (Å²) in [6.45, 7) is 1.60. The van der Waals surface area contributed by atoms with Gasteiger partial charge in [-0.2, -0.15) is 8.42 Å². The summed E-state index contributed by atoms with van der Waals surface area (Å²) in [6, 6.07) is 15.1. The lowest BCUT2D eigenvalue weighted by Gasteiger charge is -2.24. The highest BCUT2D eigenvalue weighted by Crippen LogP contribution is 2.28. The van der Waals surface area contributed by atoms with Gasteiger partial charge in [0.1, 0.15) is 16.5 Å². The number of hydrogen-bond donors (Lipinski definition) is 1. The van der Waals surface area contributed by atoms with Gasteiger partial charge >= 0.3 is 10.1 Å². The van der Waals surface area contributed by atoms with Gasteiger partial charge in [0.15, 0.2) is 0 Å². The zero-order valence-electron chi connectivity index (χ0n) is 19.5. The van der Waals surface area contributed by atoms with Gasteiger partial charge in [0.2, 0.25) is 5.91 Å². The zero-order chi connectivity index (χ0) is 26.3. The third kappa shape index (κ3) is 7.27. The number of carbonyl (C=O) groups is 2. The Labute approximate surface area is 213 Å². The Morgan fingerprint density at radius 3 is 2.42 bits per heavy atom. The maximum atomic E-state index is 13.7. The van der Waals surface area contributed by atoms with Crippen molar-refractivity contribution in [2.75, 3.05) is 25.6 Å². The molecule has 0 atom stereocenters. The molecule has 0 heterocycles. The first-order valence-corrected chi connectivity index (χ1v) is 12.5. The molecule has 0 radical (unpaired) electrons. The van der Waals surface area contributed by atoms with Gasteiger partial charge in [-0.3, -0.25) is 9.59 Å². The molecule has 3 aromatic carbocycles. The van der Waals surface area contributed by atoms with E-state index in [1.54, 1.807) is 0 Å². The fourth-order valence-corrected chi connectivity index (χ4v) is 4.45. The number of methoxy groups -OCH3 is 1. The molecule has 0 aliphatic carbocycles. The Balaban J connectivity index is 1.89. The molecule has 0 unspecified atom stereocenters. The van der Waals surface area contributed by atoms with Crippen LogP contribution in [0.1, 0.15) is 22.8 Å². The van der Waals surface area contributed by atoms with E-state index in [-0.39, 0.29) is 41.8 Å². The largest absolute Gasteiger partial charge is 0.383 e. The first-order valence-electron chi connectivity index (χ1n) is 10.7. The fourth-order valence-electron chi connectivity index (χ4n) is 3.29. The lowest BCUT2D eigenvalue weighted by molar-refractivity contribution is -0.114. The number of amides is 2. The van der Waals surface area contributed by atoms with E-state index in [0.29, 0.717) is 16.3 Å². The Bertz CT molecular complexity index is 1350. The Morgan fingerprint density at radius 2 is 1.78 bits per heavy atom. The van der Waals surface area contributed by atoms with Crippen molar-refractivity contribution in [3.05, 3.63) is 88.7 Å². The van der Waals surface area contributed by atoms with Crippen molar-refractivity contribution in [2.45, 2.75) is 18.4 Å². The number of carbonyl (C=O) groups excluding carboxylic acids is 2. The minimum absolute atomic E-state index is 0.0280. The second kappa shape index (κ2) is 12.0. The average molecular weight is 535 g/mol. The number of ether oxygens (including phenoxy) is 1. The minimum Gasteiger partial charge on any atom is -0.383 e. The summed E-state index contributed by atoms with van der Waals surface area (Å²) >= 11 is 6.15. The topological polar surface area (TPSA) is 102 Å². The minimum atomic E-state index is -4.26. The highest BCUT2D eigenvalue weighted by atomic mass is 35.5. The maximum absolute atomic E-state index is 13.7. The lowest BCUT2D eigenvalue weighted by atomic mass is 10.1. The van der Waals surface area contributed by atoms with Crippen LogP contribution >= 0.6 is 11.6 Å². The van der Waals surface area contributed by atoms with Gasteiger partial charge in [0.05, 0.1) is 6.61 Å². The number of halogens is 2. The van der Waals surface area contributed by atoms with Crippen LogP contribution in [0.5, 0.6) is 5.75 Å². The molecule has 190 valence electrons. The highest BCUT2D eigenvalue weighted by Gasteiger charge is 2.22. The molecule has 0 saturated carbocycles. The molecule has 8 nitrogen and oxygen atoms in total. The van der Waals surface area contributed by atoms with Crippen LogP contribution in [0.3, 0.4) is 0 Å². The normalized spacial score (nSPS) is 11.1. The molecule has 0 aliphatic rings. The van der Waals surface area contributed by atoms with E-state index in [4.69, 9.17) is 20.5 Å². The molecule has 0 saturated heterocycles. The van der Waals surface area contributed by atoms with E-state index >= 15 is 0 Å². The molecule has 11 heteroatoms. The van der Waals surface area contributed by atoms with Crippen molar-refractivity contribution in [3.63, 3.8) is 0 Å². The van der Waals surface area contributed by atoms with Gasteiger partial charge in [-0.15, -0.1) is 0 Å². The summed E-state index contributed by atoms with van der Waals surface area (Å²) in [4.78, 5) is 25.5. The number of nitrogens with one attached hydrogen (secondary N) is 1. The molecular weight excluding hydrogens is 511 g/mol. The van der Waals surface area contributed by atoms with Gasteiger partial charge in [0.25, 0.3) is 5.91 Å². The predicted octanol–water partition coefficient (Wildman–Crippen LogP) is 4.49. The van der Waals surface area contributed by atoms with Crippen LogP contribution in [0.4, 0.5) is 10.1 Å². The number of hydrogen-bond acceptors (Lipinski definition) is 6. The van der Waals surface area contributed by atoms with Crippen molar-refractivity contribution < 1.29 is 31.3 Å². The summed E-state index contributed by atoms with van der Waals surface area (Å²) in [6.07, 6.45) is 0. The first kappa shape index (κ1) is 27.1. The molecule has 3 aromatic rings. The Morgan fingerprint density at radius 1 is 1.06 bits per heavy atom. The SMILES string of the molecule is COCCN(Cc1cc(Cl)ccc1OS(=O)(=O)c1ccc(NC(C)=O)cc1)C(=O)c1cccc(F)c1. The van der Waals surface area contributed by atoms with Gasteiger partial charge in [-0.25, -0.2) is 4.39 Å². The number of benzene rings is 3. The molecule has 2 amide bonds. The van der Waals surface area contributed by atoms with Crippen molar-refractivity contribution in [1.29, 1.82) is 0 Å². The lowest BCUT2D eigenvalue weighted by Crippen LogP contribution is -2.33. The zero-order valence-corrected chi connectivity index (χ0v) is 21.1. The van der Waals surface area contributed by atoms with Gasteiger partial charge < -0.3 is 19.1 Å². The van der Waals surface area contributed by atoms with Gasteiger partial charge in [-0.1, -0.05) is 17.7 Å². The van der Waals surface area contributed by atoms with Crippen LogP contribution in [0, 0.1) is 5.82 Å². The van der Waals surface area contributed by atoms with Gasteiger partial charge in [-0.05, 0) is 60.7 Å². The Hall–Kier alpha value is -3.47. The van der Waals surface area contributed by atoms with E-state index in [1.807, 2.05) is 0 Å².